The Kier molecular flexibility index (Phi) is 5.86. The summed E-state index contributed by atoms with van der Waals surface area (Å²) in [5.74, 6) is -1.21. The average Bonchev–Trinajstić information content (AvgIpc) is 3.47. The smallest absolute Gasteiger partial charge is 0.341 e. The summed E-state index contributed by atoms with van der Waals surface area (Å²) >= 11 is 0. The van der Waals surface area contributed by atoms with Crippen molar-refractivity contribution in [2.75, 3.05) is 25.1 Å². The van der Waals surface area contributed by atoms with Gasteiger partial charge in [0.25, 0.3) is 0 Å². The van der Waals surface area contributed by atoms with Crippen molar-refractivity contribution in [3.05, 3.63) is 34.1 Å². The first-order valence-corrected chi connectivity index (χ1v) is 11.2. The summed E-state index contributed by atoms with van der Waals surface area (Å²) in [4.78, 5) is 39.1. The van der Waals surface area contributed by atoms with Gasteiger partial charge in [-0.1, -0.05) is 0 Å². The number of hydrogen-bond acceptors (Lipinski definition) is 7. The molecule has 0 bridgehead atoms. The number of benzene rings is 1. The Labute approximate surface area is 192 Å². The van der Waals surface area contributed by atoms with Gasteiger partial charge < -0.3 is 29.8 Å². The van der Waals surface area contributed by atoms with Crippen molar-refractivity contribution in [2.45, 2.75) is 57.7 Å². The predicted molar refractivity (Wildman–Crippen MR) is 124 cm³/mol. The van der Waals surface area contributed by atoms with E-state index in [0.29, 0.717) is 29.7 Å². The minimum atomic E-state index is -1.24. The van der Waals surface area contributed by atoms with Crippen LogP contribution in [0.2, 0.25) is 0 Å². The highest BCUT2D eigenvalue weighted by Crippen LogP contribution is 2.43. The van der Waals surface area contributed by atoms with Gasteiger partial charge >= 0.3 is 11.9 Å². The van der Waals surface area contributed by atoms with E-state index >= 15 is 0 Å². The molecule has 9 nitrogen and oxygen atoms in total. The molecule has 33 heavy (non-hydrogen) atoms. The standard InChI is InChI=1S/C24H31N3O6/c1-24(2,3)33-23(31)18(25)13-9-10-26(11-13)17-8-7-15-19(21(17)32-4)27(14-5-6-14)12-16(20(15)28)22(29)30/h7-8,12-14,18H,5-6,9-11,25H2,1-4H3,(H,29,30). The fraction of sp³-hybridized carbons (Fsp3) is 0.542. The van der Waals surface area contributed by atoms with Gasteiger partial charge in [-0.3, -0.25) is 9.59 Å². The molecule has 1 aliphatic carbocycles. The van der Waals surface area contributed by atoms with E-state index < -0.39 is 29.0 Å². The quantitative estimate of drug-likeness (QED) is 0.634. The lowest BCUT2D eigenvalue weighted by atomic mass is 9.99. The van der Waals surface area contributed by atoms with Crippen LogP contribution >= 0.6 is 0 Å². The van der Waals surface area contributed by atoms with E-state index in [2.05, 4.69) is 4.90 Å². The molecule has 178 valence electrons. The number of carboxylic acids is 1. The first-order valence-electron chi connectivity index (χ1n) is 11.2. The zero-order valence-electron chi connectivity index (χ0n) is 19.5. The molecule has 2 fully saturated rings. The predicted octanol–water partition coefficient (Wildman–Crippen LogP) is 2.54. The van der Waals surface area contributed by atoms with E-state index in [1.54, 1.807) is 19.2 Å². The number of nitrogens with zero attached hydrogens (tertiary/aromatic N) is 2. The van der Waals surface area contributed by atoms with Crippen molar-refractivity contribution in [1.29, 1.82) is 0 Å². The van der Waals surface area contributed by atoms with Crippen molar-refractivity contribution in [3.8, 4) is 5.75 Å². The van der Waals surface area contributed by atoms with Crippen LogP contribution in [0.4, 0.5) is 5.69 Å². The van der Waals surface area contributed by atoms with Crippen LogP contribution in [0.25, 0.3) is 10.9 Å². The minimum absolute atomic E-state index is 0.0831. The van der Waals surface area contributed by atoms with Crippen LogP contribution in [0, 0.1) is 5.92 Å². The lowest BCUT2D eigenvalue weighted by molar-refractivity contribution is -0.157. The molecule has 9 heteroatoms. The molecule has 0 spiro atoms. The van der Waals surface area contributed by atoms with Gasteiger partial charge in [0.15, 0.2) is 5.75 Å². The third kappa shape index (κ3) is 4.42. The van der Waals surface area contributed by atoms with Gasteiger partial charge in [0.1, 0.15) is 17.2 Å². The van der Waals surface area contributed by atoms with E-state index in [-0.39, 0.29) is 17.5 Å². The maximum atomic E-state index is 12.9. The van der Waals surface area contributed by atoms with Gasteiger partial charge in [-0.05, 0) is 52.2 Å². The lowest BCUT2D eigenvalue weighted by Gasteiger charge is -2.26. The molecule has 1 saturated carbocycles. The third-order valence-electron chi connectivity index (χ3n) is 6.25. The number of aromatic carboxylic acids is 1. The molecule has 1 aliphatic heterocycles. The summed E-state index contributed by atoms with van der Waals surface area (Å²) in [5, 5.41) is 9.82. The molecule has 3 N–H and O–H groups in total. The first-order chi connectivity index (χ1) is 15.5. The highest BCUT2D eigenvalue weighted by Gasteiger charge is 2.36. The summed E-state index contributed by atoms with van der Waals surface area (Å²) < 4.78 is 13.1. The molecule has 1 saturated heterocycles. The van der Waals surface area contributed by atoms with Crippen molar-refractivity contribution < 1.29 is 24.2 Å². The van der Waals surface area contributed by atoms with Crippen LogP contribution in [0.1, 0.15) is 56.4 Å². The molecule has 0 radical (unpaired) electrons. The summed E-state index contributed by atoms with van der Waals surface area (Å²) in [6.45, 7) is 6.65. The second-order valence-electron chi connectivity index (χ2n) is 9.88. The minimum Gasteiger partial charge on any atom is -0.492 e. The van der Waals surface area contributed by atoms with Crippen LogP contribution < -0.4 is 20.8 Å². The number of hydrogen-bond donors (Lipinski definition) is 2. The lowest BCUT2D eigenvalue weighted by Crippen LogP contribution is -2.43. The molecule has 1 aromatic heterocycles. The van der Waals surface area contributed by atoms with E-state index in [9.17, 15) is 19.5 Å². The Morgan fingerprint density at radius 3 is 2.48 bits per heavy atom. The molecule has 2 heterocycles. The van der Waals surface area contributed by atoms with E-state index in [1.165, 1.54) is 6.20 Å². The second kappa shape index (κ2) is 8.37. The monoisotopic (exact) mass is 457 g/mol. The van der Waals surface area contributed by atoms with E-state index in [1.807, 2.05) is 25.3 Å². The molecule has 2 aliphatic rings. The van der Waals surface area contributed by atoms with Crippen LogP contribution in [-0.2, 0) is 9.53 Å². The number of esters is 1. The van der Waals surface area contributed by atoms with Crippen LogP contribution in [0.5, 0.6) is 5.75 Å². The molecular weight excluding hydrogens is 426 g/mol. The SMILES string of the molecule is COc1c(N2CCC(C(N)C(=O)OC(C)(C)C)C2)ccc2c(=O)c(C(=O)O)cn(C3CC3)c12. The molecule has 2 unspecified atom stereocenters. The summed E-state index contributed by atoms with van der Waals surface area (Å²) in [6.07, 6.45) is 3.99. The number of pyridine rings is 1. The average molecular weight is 458 g/mol. The second-order valence-corrected chi connectivity index (χ2v) is 9.88. The van der Waals surface area contributed by atoms with Crippen molar-refractivity contribution in [3.63, 3.8) is 0 Å². The topological polar surface area (TPSA) is 124 Å². The number of anilines is 1. The van der Waals surface area contributed by atoms with Crippen molar-refractivity contribution >= 4 is 28.5 Å². The molecule has 2 aromatic rings. The van der Waals surface area contributed by atoms with E-state index in [0.717, 1.165) is 24.9 Å². The zero-order valence-corrected chi connectivity index (χ0v) is 19.5. The number of fused-ring (bicyclic) bond motifs is 1. The van der Waals surface area contributed by atoms with Gasteiger partial charge in [-0.15, -0.1) is 0 Å². The van der Waals surface area contributed by atoms with Gasteiger partial charge in [-0.25, -0.2) is 4.79 Å². The molecule has 1 aromatic carbocycles. The zero-order chi connectivity index (χ0) is 24.1. The number of methoxy groups -OCH3 is 1. The van der Waals surface area contributed by atoms with Crippen LogP contribution in [-0.4, -0.2) is 53.5 Å². The van der Waals surface area contributed by atoms with Crippen molar-refractivity contribution in [1.82, 2.24) is 4.57 Å². The Morgan fingerprint density at radius 2 is 1.91 bits per heavy atom. The number of ether oxygens (including phenoxy) is 2. The highest BCUT2D eigenvalue weighted by molar-refractivity contribution is 5.97. The number of aromatic nitrogens is 1. The number of carbonyl (C=O) groups excluding carboxylic acids is 1. The Hall–Kier alpha value is -3.07. The number of carboxylic acid groups (broad SMARTS) is 1. The molecule has 2 atom stereocenters. The van der Waals surface area contributed by atoms with Crippen molar-refractivity contribution in [2.24, 2.45) is 11.7 Å². The van der Waals surface area contributed by atoms with E-state index in [4.69, 9.17) is 15.2 Å². The fourth-order valence-corrected chi connectivity index (χ4v) is 4.51. The number of rotatable bonds is 6. The number of carbonyl (C=O) groups is 2. The van der Waals surface area contributed by atoms with Crippen LogP contribution in [0.15, 0.2) is 23.1 Å². The van der Waals surface area contributed by atoms with Crippen LogP contribution in [0.3, 0.4) is 0 Å². The maximum absolute atomic E-state index is 12.9. The van der Waals surface area contributed by atoms with Gasteiger partial charge in [0.05, 0.1) is 23.7 Å². The Bertz CT molecular complexity index is 1160. The number of nitrogens with two attached hydrogens (primary N) is 1. The molecule has 4 rings (SSSR count). The van der Waals surface area contributed by atoms with Gasteiger partial charge in [0.2, 0.25) is 5.43 Å². The Balaban J connectivity index is 1.70. The first kappa shape index (κ1) is 23.1. The maximum Gasteiger partial charge on any atom is 0.341 e. The normalized spacial score (nSPS) is 19.5. The third-order valence-corrected chi connectivity index (χ3v) is 6.25. The molecular formula is C24H31N3O6. The van der Waals surface area contributed by atoms with Gasteiger partial charge in [0, 0.05) is 31.2 Å². The Morgan fingerprint density at radius 1 is 1.21 bits per heavy atom. The highest BCUT2D eigenvalue weighted by atomic mass is 16.6. The summed E-state index contributed by atoms with van der Waals surface area (Å²) in [6, 6.07) is 2.86. The van der Waals surface area contributed by atoms with Gasteiger partial charge in [-0.2, -0.15) is 0 Å². The summed E-state index contributed by atoms with van der Waals surface area (Å²) in [7, 11) is 1.55. The fourth-order valence-electron chi connectivity index (χ4n) is 4.51. The molecule has 0 amide bonds. The largest absolute Gasteiger partial charge is 0.492 e. The summed E-state index contributed by atoms with van der Waals surface area (Å²) in [5.41, 5.74) is 6.27.